The summed E-state index contributed by atoms with van der Waals surface area (Å²) in [6.07, 6.45) is 0.804. The van der Waals surface area contributed by atoms with Crippen molar-refractivity contribution in [1.82, 2.24) is 14.5 Å². The lowest BCUT2D eigenvalue weighted by Crippen LogP contribution is -2.49. The SMILES string of the molecule is CN(C)C(=O)NC1CCCN1S(=O)(=O)c1ccc(Cl)cc1. The number of rotatable bonds is 3. The molecule has 1 aliphatic rings. The molecule has 116 valence electrons. The van der Waals surface area contributed by atoms with Crippen molar-refractivity contribution in [3.05, 3.63) is 29.3 Å². The van der Waals surface area contributed by atoms with Crippen LogP contribution in [0.15, 0.2) is 29.2 Å². The van der Waals surface area contributed by atoms with Crippen molar-refractivity contribution in [3.8, 4) is 0 Å². The van der Waals surface area contributed by atoms with E-state index in [-0.39, 0.29) is 10.9 Å². The summed E-state index contributed by atoms with van der Waals surface area (Å²) in [4.78, 5) is 13.3. The number of nitrogens with one attached hydrogen (secondary N) is 1. The molecule has 1 aromatic carbocycles. The van der Waals surface area contributed by atoms with Gasteiger partial charge >= 0.3 is 6.03 Å². The van der Waals surface area contributed by atoms with Crippen molar-refractivity contribution in [3.63, 3.8) is 0 Å². The van der Waals surface area contributed by atoms with E-state index in [9.17, 15) is 13.2 Å². The lowest BCUT2D eigenvalue weighted by molar-refractivity contribution is 0.205. The summed E-state index contributed by atoms with van der Waals surface area (Å²) in [6.45, 7) is 0.392. The monoisotopic (exact) mass is 331 g/mol. The number of carbonyl (C=O) groups is 1. The number of nitrogens with zero attached hydrogens (tertiary/aromatic N) is 2. The fourth-order valence-electron chi connectivity index (χ4n) is 2.19. The highest BCUT2D eigenvalue weighted by atomic mass is 35.5. The second-order valence-corrected chi connectivity index (χ2v) is 7.40. The molecule has 1 N–H and O–H groups in total. The number of hydrogen-bond acceptors (Lipinski definition) is 3. The Labute approximate surface area is 129 Å². The van der Waals surface area contributed by atoms with Crippen molar-refractivity contribution in [2.75, 3.05) is 20.6 Å². The van der Waals surface area contributed by atoms with Crippen LogP contribution in [-0.2, 0) is 10.0 Å². The smallest absolute Gasteiger partial charge is 0.318 e. The van der Waals surface area contributed by atoms with E-state index in [1.54, 1.807) is 14.1 Å². The van der Waals surface area contributed by atoms with E-state index in [2.05, 4.69) is 5.32 Å². The maximum atomic E-state index is 12.6. The van der Waals surface area contributed by atoms with Gasteiger partial charge in [-0.1, -0.05) is 11.6 Å². The molecule has 1 unspecified atom stereocenters. The second kappa shape index (κ2) is 6.21. The normalized spacial score (nSPS) is 19.5. The van der Waals surface area contributed by atoms with Crippen LogP contribution in [0.5, 0.6) is 0 Å². The Hall–Kier alpha value is -1.31. The predicted molar refractivity (Wildman–Crippen MR) is 80.6 cm³/mol. The minimum Gasteiger partial charge on any atom is -0.331 e. The molecule has 8 heteroatoms. The minimum atomic E-state index is -3.63. The standard InChI is InChI=1S/C13H18ClN3O3S/c1-16(2)13(18)15-12-4-3-9-17(12)21(19,20)11-7-5-10(14)6-8-11/h5-8,12H,3-4,9H2,1-2H3,(H,15,18). The number of carbonyl (C=O) groups excluding carboxylic acids is 1. The Kier molecular flexibility index (Phi) is 4.75. The van der Waals surface area contributed by atoms with E-state index in [4.69, 9.17) is 11.6 Å². The van der Waals surface area contributed by atoms with Gasteiger partial charge in [0.2, 0.25) is 10.0 Å². The molecule has 1 saturated heterocycles. The molecule has 1 aliphatic heterocycles. The zero-order chi connectivity index (χ0) is 15.6. The molecule has 1 fully saturated rings. The molecule has 1 atom stereocenters. The van der Waals surface area contributed by atoms with Crippen LogP contribution >= 0.6 is 11.6 Å². The lowest BCUT2D eigenvalue weighted by atomic mass is 10.3. The Morgan fingerprint density at radius 2 is 1.95 bits per heavy atom. The van der Waals surface area contributed by atoms with Crippen LogP contribution < -0.4 is 5.32 Å². The van der Waals surface area contributed by atoms with E-state index in [1.165, 1.54) is 33.5 Å². The van der Waals surface area contributed by atoms with Gasteiger partial charge in [0.25, 0.3) is 0 Å². The lowest BCUT2D eigenvalue weighted by Gasteiger charge is -2.26. The predicted octanol–water partition coefficient (Wildman–Crippen LogP) is 1.72. The molecule has 1 heterocycles. The van der Waals surface area contributed by atoms with E-state index in [1.807, 2.05) is 0 Å². The largest absolute Gasteiger partial charge is 0.331 e. The Morgan fingerprint density at radius 1 is 1.33 bits per heavy atom. The van der Waals surface area contributed by atoms with Crippen molar-refractivity contribution < 1.29 is 13.2 Å². The van der Waals surface area contributed by atoms with Crippen LogP contribution in [0.25, 0.3) is 0 Å². The third kappa shape index (κ3) is 3.48. The molecular formula is C13H18ClN3O3S. The van der Waals surface area contributed by atoms with Crippen LogP contribution in [0.2, 0.25) is 5.02 Å². The molecule has 0 bridgehead atoms. The summed E-state index contributed by atoms with van der Waals surface area (Å²) in [5.41, 5.74) is 0. The minimum absolute atomic E-state index is 0.179. The number of urea groups is 1. The molecule has 2 amide bonds. The first kappa shape index (κ1) is 16.1. The third-order valence-corrected chi connectivity index (χ3v) is 5.49. The van der Waals surface area contributed by atoms with Crippen LogP contribution in [-0.4, -0.2) is 50.5 Å². The molecule has 0 saturated carbocycles. The maximum Gasteiger partial charge on any atom is 0.318 e. The fraction of sp³-hybridized carbons (Fsp3) is 0.462. The number of halogens is 1. The maximum absolute atomic E-state index is 12.6. The average Bonchev–Trinajstić information content (AvgIpc) is 2.88. The first-order chi connectivity index (χ1) is 9.82. The fourth-order valence-corrected chi connectivity index (χ4v) is 3.93. The van der Waals surface area contributed by atoms with Crippen LogP contribution in [0.1, 0.15) is 12.8 Å². The summed E-state index contributed by atoms with van der Waals surface area (Å²) in [7, 11) is -0.408. The third-order valence-electron chi connectivity index (χ3n) is 3.32. The quantitative estimate of drug-likeness (QED) is 0.917. The number of hydrogen-bond donors (Lipinski definition) is 1. The van der Waals surface area contributed by atoms with E-state index >= 15 is 0 Å². The van der Waals surface area contributed by atoms with Crippen molar-refractivity contribution in [2.45, 2.75) is 23.9 Å². The molecule has 0 radical (unpaired) electrons. The molecule has 6 nitrogen and oxygen atoms in total. The van der Waals surface area contributed by atoms with Gasteiger partial charge in [0.05, 0.1) is 11.1 Å². The Morgan fingerprint density at radius 3 is 2.52 bits per heavy atom. The highest BCUT2D eigenvalue weighted by Crippen LogP contribution is 2.25. The molecule has 0 aliphatic carbocycles. The van der Waals surface area contributed by atoms with Crippen LogP contribution in [0.3, 0.4) is 0 Å². The summed E-state index contributed by atoms with van der Waals surface area (Å²) in [5.74, 6) is 0. The summed E-state index contributed by atoms with van der Waals surface area (Å²) in [6, 6.07) is 5.72. The van der Waals surface area contributed by atoms with Gasteiger partial charge in [-0.25, -0.2) is 13.2 Å². The van der Waals surface area contributed by atoms with Gasteiger partial charge in [0.15, 0.2) is 0 Å². The van der Waals surface area contributed by atoms with Gasteiger partial charge in [0.1, 0.15) is 0 Å². The van der Waals surface area contributed by atoms with Crippen molar-refractivity contribution in [1.29, 1.82) is 0 Å². The van der Waals surface area contributed by atoms with Gasteiger partial charge in [-0.2, -0.15) is 4.31 Å². The van der Waals surface area contributed by atoms with Gasteiger partial charge in [-0.05, 0) is 37.1 Å². The zero-order valence-corrected chi connectivity index (χ0v) is 13.5. The number of benzene rings is 1. The second-order valence-electron chi connectivity index (χ2n) is 5.07. The molecule has 0 aromatic heterocycles. The Balaban J connectivity index is 2.22. The summed E-state index contributed by atoms with van der Waals surface area (Å²) < 4.78 is 26.6. The van der Waals surface area contributed by atoms with Crippen molar-refractivity contribution in [2.24, 2.45) is 0 Å². The van der Waals surface area contributed by atoms with E-state index < -0.39 is 16.2 Å². The summed E-state index contributed by atoms with van der Waals surface area (Å²) >= 11 is 5.78. The van der Waals surface area contributed by atoms with E-state index in [0.29, 0.717) is 24.4 Å². The first-order valence-electron chi connectivity index (χ1n) is 6.57. The first-order valence-corrected chi connectivity index (χ1v) is 8.39. The Bertz CT molecular complexity index is 616. The number of sulfonamides is 1. The van der Waals surface area contributed by atoms with Crippen molar-refractivity contribution >= 4 is 27.7 Å². The van der Waals surface area contributed by atoms with Gasteiger partial charge < -0.3 is 10.2 Å². The topological polar surface area (TPSA) is 69.7 Å². The number of amides is 2. The summed E-state index contributed by atoms with van der Waals surface area (Å²) in [5, 5.41) is 3.20. The molecule has 0 spiro atoms. The van der Waals surface area contributed by atoms with Gasteiger partial charge in [-0.3, -0.25) is 0 Å². The van der Waals surface area contributed by atoms with Gasteiger partial charge in [-0.15, -0.1) is 0 Å². The molecule has 21 heavy (non-hydrogen) atoms. The molecular weight excluding hydrogens is 314 g/mol. The average molecular weight is 332 g/mol. The highest BCUT2D eigenvalue weighted by Gasteiger charge is 2.36. The van der Waals surface area contributed by atoms with Crippen LogP contribution in [0, 0.1) is 0 Å². The highest BCUT2D eigenvalue weighted by molar-refractivity contribution is 7.89. The molecule has 1 aromatic rings. The van der Waals surface area contributed by atoms with Gasteiger partial charge in [0, 0.05) is 25.7 Å². The van der Waals surface area contributed by atoms with E-state index in [0.717, 1.165) is 0 Å². The van der Waals surface area contributed by atoms with Crippen LogP contribution in [0.4, 0.5) is 4.79 Å². The molecule has 2 rings (SSSR count). The zero-order valence-electron chi connectivity index (χ0n) is 11.9.